The van der Waals surface area contributed by atoms with Crippen molar-refractivity contribution in [3.05, 3.63) is 0 Å². The van der Waals surface area contributed by atoms with Gasteiger partial charge in [-0.25, -0.2) is 0 Å². The Balaban J connectivity index is 2.26. The van der Waals surface area contributed by atoms with Crippen molar-refractivity contribution in [3.8, 4) is 0 Å². The molecule has 1 heterocycles. The van der Waals surface area contributed by atoms with Gasteiger partial charge in [0.05, 0.1) is 5.25 Å². The van der Waals surface area contributed by atoms with E-state index in [4.69, 9.17) is 0 Å². The van der Waals surface area contributed by atoms with Crippen LogP contribution in [0.2, 0.25) is 0 Å². The Morgan fingerprint density at radius 3 is 3.22 bits per heavy atom. The maximum absolute atomic E-state index is 10.3. The van der Waals surface area contributed by atoms with E-state index in [0.717, 1.165) is 31.5 Å². The molecule has 52 valence electrons. The lowest BCUT2D eigenvalue weighted by Crippen LogP contribution is -2.16. The van der Waals surface area contributed by atoms with E-state index >= 15 is 0 Å². The minimum Gasteiger partial charge on any atom is -0.316 e. The van der Waals surface area contributed by atoms with Crippen LogP contribution in [0.5, 0.6) is 0 Å². The standard InChI is InChI=1S/C6H11NOS/c8-5-6-1-2-7-3-4-9-6/h5-7H,1-4H2. The van der Waals surface area contributed by atoms with Crippen molar-refractivity contribution in [2.75, 3.05) is 18.8 Å². The molecule has 1 atom stereocenters. The third-order valence-corrected chi connectivity index (χ3v) is 2.58. The monoisotopic (exact) mass is 145 g/mol. The van der Waals surface area contributed by atoms with Crippen molar-refractivity contribution in [2.24, 2.45) is 0 Å². The molecule has 3 heteroatoms. The van der Waals surface area contributed by atoms with Gasteiger partial charge >= 0.3 is 0 Å². The summed E-state index contributed by atoms with van der Waals surface area (Å²) in [7, 11) is 0. The van der Waals surface area contributed by atoms with E-state index in [-0.39, 0.29) is 5.25 Å². The van der Waals surface area contributed by atoms with Crippen LogP contribution in [-0.2, 0) is 4.79 Å². The summed E-state index contributed by atoms with van der Waals surface area (Å²) in [6, 6.07) is 0. The molecule has 0 radical (unpaired) electrons. The molecule has 1 rings (SSSR count). The maximum Gasteiger partial charge on any atom is 0.132 e. The minimum absolute atomic E-state index is 0.250. The van der Waals surface area contributed by atoms with Gasteiger partial charge in [0.25, 0.3) is 0 Å². The Hall–Kier alpha value is -0.0200. The van der Waals surface area contributed by atoms with Gasteiger partial charge in [0.1, 0.15) is 6.29 Å². The van der Waals surface area contributed by atoms with Crippen LogP contribution in [0.15, 0.2) is 0 Å². The highest BCUT2D eigenvalue weighted by atomic mass is 32.2. The normalized spacial score (nSPS) is 29.1. The number of hydrogen-bond donors (Lipinski definition) is 1. The minimum atomic E-state index is 0.250. The Bertz CT molecular complexity index is 89.1. The fourth-order valence-corrected chi connectivity index (χ4v) is 1.77. The van der Waals surface area contributed by atoms with Gasteiger partial charge in [-0.3, -0.25) is 0 Å². The molecule has 0 spiro atoms. The van der Waals surface area contributed by atoms with Crippen LogP contribution in [0, 0.1) is 0 Å². The molecule has 0 aromatic heterocycles. The number of nitrogens with one attached hydrogen (secondary N) is 1. The first-order valence-electron chi connectivity index (χ1n) is 3.21. The smallest absolute Gasteiger partial charge is 0.132 e. The Morgan fingerprint density at radius 2 is 2.44 bits per heavy atom. The van der Waals surface area contributed by atoms with Crippen molar-refractivity contribution in [3.63, 3.8) is 0 Å². The van der Waals surface area contributed by atoms with Crippen LogP contribution in [0.1, 0.15) is 6.42 Å². The number of thioether (sulfide) groups is 1. The summed E-state index contributed by atoms with van der Waals surface area (Å²) in [4.78, 5) is 10.3. The molecular weight excluding hydrogens is 134 g/mol. The largest absolute Gasteiger partial charge is 0.316 e. The maximum atomic E-state index is 10.3. The van der Waals surface area contributed by atoms with Gasteiger partial charge in [-0.05, 0) is 13.0 Å². The SMILES string of the molecule is O=CC1CCNCCS1. The van der Waals surface area contributed by atoms with Crippen molar-refractivity contribution in [1.29, 1.82) is 0 Å². The molecule has 0 amide bonds. The molecule has 1 aliphatic heterocycles. The predicted octanol–water partition coefficient (Wildman–Crippen LogP) is 0.280. The second kappa shape index (κ2) is 3.90. The Labute approximate surface area is 59.4 Å². The first-order valence-corrected chi connectivity index (χ1v) is 4.26. The molecular formula is C6H11NOS. The Morgan fingerprint density at radius 1 is 1.56 bits per heavy atom. The molecule has 0 aliphatic carbocycles. The van der Waals surface area contributed by atoms with Crippen LogP contribution in [0.3, 0.4) is 0 Å². The molecule has 1 aliphatic rings. The molecule has 0 saturated carbocycles. The van der Waals surface area contributed by atoms with Gasteiger partial charge in [-0.2, -0.15) is 0 Å². The van der Waals surface area contributed by atoms with Crippen LogP contribution in [0.25, 0.3) is 0 Å². The van der Waals surface area contributed by atoms with Gasteiger partial charge in [-0.1, -0.05) is 0 Å². The highest BCUT2D eigenvalue weighted by Crippen LogP contribution is 2.12. The lowest BCUT2D eigenvalue weighted by atomic mass is 10.3. The molecule has 1 N–H and O–H groups in total. The fraction of sp³-hybridized carbons (Fsp3) is 0.833. The van der Waals surface area contributed by atoms with Crippen LogP contribution in [-0.4, -0.2) is 30.4 Å². The van der Waals surface area contributed by atoms with Crippen LogP contribution >= 0.6 is 11.8 Å². The lowest BCUT2D eigenvalue weighted by molar-refractivity contribution is -0.107. The summed E-state index contributed by atoms with van der Waals surface area (Å²) in [6.45, 7) is 2.05. The summed E-state index contributed by atoms with van der Waals surface area (Å²) in [5.41, 5.74) is 0. The third-order valence-electron chi connectivity index (χ3n) is 1.37. The quantitative estimate of drug-likeness (QED) is 0.537. The fourth-order valence-electron chi connectivity index (χ4n) is 0.842. The van der Waals surface area contributed by atoms with Gasteiger partial charge in [0.15, 0.2) is 0 Å². The number of carbonyl (C=O) groups is 1. The summed E-state index contributed by atoms with van der Waals surface area (Å²) in [5, 5.41) is 3.48. The van der Waals surface area contributed by atoms with E-state index in [1.807, 2.05) is 0 Å². The molecule has 0 aromatic carbocycles. The van der Waals surface area contributed by atoms with Crippen molar-refractivity contribution < 1.29 is 4.79 Å². The average Bonchev–Trinajstić information content (AvgIpc) is 2.13. The van der Waals surface area contributed by atoms with Gasteiger partial charge in [0.2, 0.25) is 0 Å². The zero-order valence-electron chi connectivity index (χ0n) is 5.30. The first-order chi connectivity index (χ1) is 4.43. The molecule has 1 saturated heterocycles. The first kappa shape index (κ1) is 7.09. The number of hydrogen-bond acceptors (Lipinski definition) is 3. The van der Waals surface area contributed by atoms with Gasteiger partial charge in [0, 0.05) is 12.3 Å². The lowest BCUT2D eigenvalue weighted by Gasteiger charge is -2.00. The highest BCUT2D eigenvalue weighted by molar-refractivity contribution is 8.00. The zero-order chi connectivity index (χ0) is 6.53. The number of carbonyl (C=O) groups excluding carboxylic acids is 1. The molecule has 2 nitrogen and oxygen atoms in total. The molecule has 0 aromatic rings. The number of aldehydes is 1. The summed E-state index contributed by atoms with van der Waals surface area (Å²) in [5.74, 6) is 1.07. The third kappa shape index (κ3) is 2.37. The van der Waals surface area contributed by atoms with Crippen molar-refractivity contribution >= 4 is 18.0 Å². The van der Waals surface area contributed by atoms with Crippen molar-refractivity contribution in [1.82, 2.24) is 5.32 Å². The van der Waals surface area contributed by atoms with E-state index in [0.29, 0.717) is 0 Å². The van der Waals surface area contributed by atoms with E-state index in [1.165, 1.54) is 0 Å². The summed E-state index contributed by atoms with van der Waals surface area (Å²) in [6.07, 6.45) is 2.05. The Kier molecular flexibility index (Phi) is 3.08. The predicted molar refractivity (Wildman–Crippen MR) is 39.8 cm³/mol. The van der Waals surface area contributed by atoms with E-state index in [2.05, 4.69) is 5.32 Å². The zero-order valence-corrected chi connectivity index (χ0v) is 6.12. The molecule has 1 unspecified atom stereocenters. The average molecular weight is 145 g/mol. The van der Waals surface area contributed by atoms with Gasteiger partial charge in [-0.15, -0.1) is 11.8 Å². The van der Waals surface area contributed by atoms with E-state index in [1.54, 1.807) is 11.8 Å². The van der Waals surface area contributed by atoms with E-state index in [9.17, 15) is 4.79 Å². The van der Waals surface area contributed by atoms with Crippen molar-refractivity contribution in [2.45, 2.75) is 11.7 Å². The molecule has 1 fully saturated rings. The summed E-state index contributed by atoms with van der Waals surface area (Å²) >= 11 is 1.75. The second-order valence-corrected chi connectivity index (χ2v) is 3.43. The summed E-state index contributed by atoms with van der Waals surface area (Å²) < 4.78 is 0. The van der Waals surface area contributed by atoms with Crippen LogP contribution < -0.4 is 5.32 Å². The van der Waals surface area contributed by atoms with Gasteiger partial charge < -0.3 is 10.1 Å². The van der Waals surface area contributed by atoms with E-state index < -0.39 is 0 Å². The van der Waals surface area contributed by atoms with Crippen LogP contribution in [0.4, 0.5) is 0 Å². The highest BCUT2D eigenvalue weighted by Gasteiger charge is 2.09. The topological polar surface area (TPSA) is 29.1 Å². The number of rotatable bonds is 1. The molecule has 0 bridgehead atoms. The second-order valence-electron chi connectivity index (χ2n) is 2.08. The molecule has 9 heavy (non-hydrogen) atoms.